The average Bonchev–Trinajstić information content (AvgIpc) is 3.83. The van der Waals surface area contributed by atoms with Gasteiger partial charge in [0.1, 0.15) is 22.3 Å². The minimum atomic E-state index is -0.122. The SMILES string of the molecule is CC(C)(C)c1cc(C(C)(C)C)c2oc3cccc(N(c4ccc5c(c4)-c4ccccc4C5(C)C)c4ccc(-c5ccccc5)c5oc6ccccc6c45)c3c2c1. The standard InChI is InChI=1S/C53H47NO2/c1-51(2,3)33-29-39-47-43(22-16-24-46(47)56-49(39)42(30-33)52(4,5)6)54(34-25-27-41-38(31-34)36-19-12-14-21-40(36)53(41,7)8)44-28-26-35(32-17-10-9-11-18-32)50-48(44)37-20-13-15-23-45(37)55-50/h9-31H,1-8H3. The number of anilines is 3. The van der Waals surface area contributed by atoms with Crippen molar-refractivity contribution >= 4 is 60.9 Å². The highest BCUT2D eigenvalue weighted by atomic mass is 16.3. The lowest BCUT2D eigenvalue weighted by Gasteiger charge is -2.29. The van der Waals surface area contributed by atoms with E-state index in [1.54, 1.807) is 0 Å². The first-order chi connectivity index (χ1) is 26.8. The second kappa shape index (κ2) is 12.0. The summed E-state index contributed by atoms with van der Waals surface area (Å²) in [7, 11) is 0. The van der Waals surface area contributed by atoms with Gasteiger partial charge in [0.15, 0.2) is 0 Å². The van der Waals surface area contributed by atoms with E-state index in [9.17, 15) is 0 Å². The summed E-state index contributed by atoms with van der Waals surface area (Å²) in [6.07, 6.45) is 0. The van der Waals surface area contributed by atoms with E-state index in [4.69, 9.17) is 8.83 Å². The van der Waals surface area contributed by atoms with Gasteiger partial charge in [-0.2, -0.15) is 0 Å². The summed E-state index contributed by atoms with van der Waals surface area (Å²) in [4.78, 5) is 2.46. The van der Waals surface area contributed by atoms with Crippen molar-refractivity contribution in [1.29, 1.82) is 0 Å². The molecule has 0 aliphatic heterocycles. The maximum atomic E-state index is 6.96. The van der Waals surface area contributed by atoms with Crippen molar-refractivity contribution in [3.63, 3.8) is 0 Å². The van der Waals surface area contributed by atoms with Crippen molar-refractivity contribution in [2.45, 2.75) is 71.6 Å². The molecule has 1 aliphatic carbocycles. The molecule has 1 aliphatic rings. The largest absolute Gasteiger partial charge is 0.456 e. The monoisotopic (exact) mass is 729 g/mol. The Morgan fingerprint density at radius 2 is 1.16 bits per heavy atom. The van der Waals surface area contributed by atoms with Crippen molar-refractivity contribution in [3.8, 4) is 22.3 Å². The highest BCUT2D eigenvalue weighted by Crippen LogP contribution is 2.54. The summed E-state index contributed by atoms with van der Waals surface area (Å²) >= 11 is 0. The van der Waals surface area contributed by atoms with Gasteiger partial charge in [-0.25, -0.2) is 0 Å². The summed E-state index contributed by atoms with van der Waals surface area (Å²) in [5, 5.41) is 4.41. The second-order valence-corrected chi connectivity index (χ2v) is 18.2. The fraction of sp³-hybridized carbons (Fsp3) is 0.208. The van der Waals surface area contributed by atoms with Crippen molar-refractivity contribution in [1.82, 2.24) is 0 Å². The summed E-state index contributed by atoms with van der Waals surface area (Å²) in [6, 6.07) is 50.8. The fourth-order valence-electron chi connectivity index (χ4n) is 9.18. The zero-order valence-corrected chi connectivity index (χ0v) is 33.5. The number of nitrogens with zero attached hydrogens (tertiary/aromatic N) is 1. The molecule has 2 aromatic heterocycles. The van der Waals surface area contributed by atoms with Crippen LogP contribution in [0.4, 0.5) is 17.1 Å². The first-order valence-electron chi connectivity index (χ1n) is 19.9. The Morgan fingerprint density at radius 3 is 1.95 bits per heavy atom. The summed E-state index contributed by atoms with van der Waals surface area (Å²) < 4.78 is 13.8. The van der Waals surface area contributed by atoms with Crippen LogP contribution in [-0.4, -0.2) is 0 Å². The van der Waals surface area contributed by atoms with Crippen LogP contribution in [0.1, 0.15) is 77.6 Å². The summed E-state index contributed by atoms with van der Waals surface area (Å²) in [6.45, 7) is 18.4. The average molecular weight is 730 g/mol. The molecule has 10 rings (SSSR count). The number of fused-ring (bicyclic) bond motifs is 9. The van der Waals surface area contributed by atoms with Gasteiger partial charge in [-0.15, -0.1) is 0 Å². The predicted molar refractivity (Wildman–Crippen MR) is 236 cm³/mol. The number of rotatable bonds is 4. The Bertz CT molecular complexity index is 3020. The van der Waals surface area contributed by atoms with Gasteiger partial charge in [0.05, 0.1) is 22.1 Å². The molecule has 3 heteroatoms. The lowest BCUT2D eigenvalue weighted by Crippen LogP contribution is -2.16. The zero-order chi connectivity index (χ0) is 38.7. The Balaban J connectivity index is 1.34. The highest BCUT2D eigenvalue weighted by Gasteiger charge is 2.36. The van der Waals surface area contributed by atoms with Crippen LogP contribution in [-0.2, 0) is 16.2 Å². The van der Waals surface area contributed by atoms with E-state index in [-0.39, 0.29) is 16.2 Å². The van der Waals surface area contributed by atoms with Gasteiger partial charge in [-0.05, 0) is 92.7 Å². The molecule has 7 aromatic carbocycles. The molecule has 0 spiro atoms. The van der Waals surface area contributed by atoms with Gasteiger partial charge in [-0.1, -0.05) is 146 Å². The van der Waals surface area contributed by atoms with E-state index in [0.29, 0.717) is 0 Å². The Kier molecular flexibility index (Phi) is 7.36. The van der Waals surface area contributed by atoms with Crippen molar-refractivity contribution in [2.75, 3.05) is 4.90 Å². The maximum Gasteiger partial charge on any atom is 0.145 e. The molecular formula is C53H47NO2. The van der Waals surface area contributed by atoms with Crippen LogP contribution in [0.2, 0.25) is 0 Å². The second-order valence-electron chi connectivity index (χ2n) is 18.2. The maximum absolute atomic E-state index is 6.96. The van der Waals surface area contributed by atoms with Crippen LogP contribution in [0.25, 0.3) is 66.1 Å². The van der Waals surface area contributed by atoms with E-state index in [2.05, 4.69) is 200 Å². The minimum Gasteiger partial charge on any atom is -0.456 e. The Labute approximate surface area is 329 Å². The van der Waals surface area contributed by atoms with Gasteiger partial charge < -0.3 is 13.7 Å². The topological polar surface area (TPSA) is 29.5 Å². The molecule has 0 radical (unpaired) electrons. The van der Waals surface area contributed by atoms with Crippen LogP contribution < -0.4 is 4.90 Å². The van der Waals surface area contributed by atoms with E-state index >= 15 is 0 Å². The molecule has 56 heavy (non-hydrogen) atoms. The molecule has 276 valence electrons. The molecule has 3 nitrogen and oxygen atoms in total. The minimum absolute atomic E-state index is 0.0538. The number of benzene rings is 7. The van der Waals surface area contributed by atoms with Gasteiger partial charge >= 0.3 is 0 Å². The van der Waals surface area contributed by atoms with Gasteiger partial charge in [0.2, 0.25) is 0 Å². The summed E-state index contributed by atoms with van der Waals surface area (Å²) in [5.41, 5.74) is 16.5. The summed E-state index contributed by atoms with van der Waals surface area (Å²) in [5.74, 6) is 0. The smallest absolute Gasteiger partial charge is 0.145 e. The van der Waals surface area contributed by atoms with Crippen molar-refractivity contribution < 1.29 is 8.83 Å². The van der Waals surface area contributed by atoms with E-state index in [0.717, 1.165) is 72.1 Å². The van der Waals surface area contributed by atoms with Crippen LogP contribution in [0.3, 0.4) is 0 Å². The number of hydrogen-bond donors (Lipinski definition) is 0. The normalized spacial score (nSPS) is 13.9. The molecule has 0 bridgehead atoms. The molecule has 0 atom stereocenters. The van der Waals surface area contributed by atoms with E-state index in [1.165, 1.54) is 33.4 Å². The van der Waals surface area contributed by atoms with Gasteiger partial charge in [-0.3, -0.25) is 0 Å². The molecule has 0 N–H and O–H groups in total. The Morgan fingerprint density at radius 1 is 0.482 bits per heavy atom. The molecule has 2 heterocycles. The first kappa shape index (κ1) is 34.4. The van der Waals surface area contributed by atoms with E-state index in [1.807, 2.05) is 0 Å². The van der Waals surface area contributed by atoms with Crippen LogP contribution in [0, 0.1) is 0 Å². The van der Waals surface area contributed by atoms with Crippen LogP contribution in [0.15, 0.2) is 148 Å². The fourth-order valence-corrected chi connectivity index (χ4v) is 9.18. The zero-order valence-electron chi connectivity index (χ0n) is 33.5. The van der Waals surface area contributed by atoms with Gasteiger partial charge in [0.25, 0.3) is 0 Å². The predicted octanol–water partition coefficient (Wildman–Crippen LogP) is 15.5. The molecule has 0 unspecified atom stereocenters. The molecule has 9 aromatic rings. The number of hydrogen-bond acceptors (Lipinski definition) is 3. The Hall–Kier alpha value is -6.06. The third-order valence-electron chi connectivity index (χ3n) is 12.1. The quantitative estimate of drug-likeness (QED) is 0.181. The molecule has 0 fully saturated rings. The lowest BCUT2D eigenvalue weighted by atomic mass is 9.79. The van der Waals surface area contributed by atoms with E-state index < -0.39 is 0 Å². The first-order valence-corrected chi connectivity index (χ1v) is 19.9. The molecular weight excluding hydrogens is 683 g/mol. The van der Waals surface area contributed by atoms with Gasteiger partial charge in [0, 0.05) is 33.0 Å². The molecule has 0 saturated heterocycles. The molecule has 0 amide bonds. The number of para-hydroxylation sites is 1. The lowest BCUT2D eigenvalue weighted by molar-refractivity contribution is 0.559. The third kappa shape index (κ3) is 5.10. The van der Waals surface area contributed by atoms with Crippen LogP contribution >= 0.6 is 0 Å². The number of furan rings is 2. The van der Waals surface area contributed by atoms with Crippen LogP contribution in [0.5, 0.6) is 0 Å². The third-order valence-corrected chi connectivity index (χ3v) is 12.1. The molecule has 0 saturated carbocycles. The van der Waals surface area contributed by atoms with Crippen molar-refractivity contribution in [3.05, 3.63) is 162 Å². The highest BCUT2D eigenvalue weighted by molar-refractivity contribution is 6.20. The van der Waals surface area contributed by atoms with Crippen molar-refractivity contribution in [2.24, 2.45) is 0 Å².